The summed E-state index contributed by atoms with van der Waals surface area (Å²) in [5.74, 6) is 0. The lowest BCUT2D eigenvalue weighted by Crippen LogP contribution is -2.24. The van der Waals surface area contributed by atoms with E-state index < -0.39 is 5.56 Å². The Morgan fingerprint density at radius 1 is 1.83 bits per heavy atom. The van der Waals surface area contributed by atoms with Crippen molar-refractivity contribution < 1.29 is 4.74 Å². The fraction of sp³-hybridized carbons (Fsp3) is 0.333. The van der Waals surface area contributed by atoms with E-state index >= 15 is 0 Å². The zero-order valence-corrected chi connectivity index (χ0v) is 7.21. The lowest BCUT2D eigenvalue weighted by Gasteiger charge is -2.03. The molecule has 0 atom stereocenters. The summed E-state index contributed by atoms with van der Waals surface area (Å²) in [5.41, 5.74) is 4.88. The van der Waals surface area contributed by atoms with Crippen molar-refractivity contribution in [3.63, 3.8) is 0 Å². The van der Waals surface area contributed by atoms with Crippen molar-refractivity contribution in [2.45, 2.75) is 6.73 Å². The van der Waals surface area contributed by atoms with Gasteiger partial charge in [0.25, 0.3) is 5.56 Å². The minimum atomic E-state index is -0.392. The lowest BCUT2D eigenvalue weighted by atomic mass is 10.5. The number of nitrogen functional groups attached to an aromatic ring is 1. The molecule has 0 saturated carbocycles. The first kappa shape index (κ1) is 9.02. The van der Waals surface area contributed by atoms with E-state index in [-0.39, 0.29) is 17.6 Å². The van der Waals surface area contributed by atoms with Crippen LogP contribution in [0.5, 0.6) is 0 Å². The number of nitrogens with zero attached hydrogens (tertiary/aromatic N) is 2. The van der Waals surface area contributed by atoms with Crippen molar-refractivity contribution in [3.8, 4) is 0 Å². The van der Waals surface area contributed by atoms with E-state index in [4.69, 9.17) is 22.1 Å². The van der Waals surface area contributed by atoms with Crippen LogP contribution in [0.2, 0.25) is 5.15 Å². The van der Waals surface area contributed by atoms with E-state index in [0.29, 0.717) is 0 Å². The van der Waals surface area contributed by atoms with Gasteiger partial charge in [0, 0.05) is 7.11 Å². The van der Waals surface area contributed by atoms with Gasteiger partial charge in [-0.3, -0.25) is 9.36 Å². The van der Waals surface area contributed by atoms with Crippen LogP contribution < -0.4 is 11.3 Å². The van der Waals surface area contributed by atoms with Crippen LogP contribution >= 0.6 is 11.6 Å². The third-order valence-corrected chi connectivity index (χ3v) is 1.59. The van der Waals surface area contributed by atoms with Crippen LogP contribution in [0.15, 0.2) is 11.1 Å². The quantitative estimate of drug-likeness (QED) is 0.669. The maximum Gasteiger partial charge on any atom is 0.279 e. The Bertz CT molecular complexity index is 336. The molecule has 0 spiro atoms. The van der Waals surface area contributed by atoms with E-state index in [1.165, 1.54) is 18.0 Å². The number of nitrogens with two attached hydrogens (primary N) is 1. The molecule has 6 heteroatoms. The third-order valence-electron chi connectivity index (χ3n) is 1.29. The van der Waals surface area contributed by atoms with E-state index in [9.17, 15) is 4.79 Å². The van der Waals surface area contributed by atoms with Crippen molar-refractivity contribution in [3.05, 3.63) is 21.8 Å². The first-order valence-corrected chi connectivity index (χ1v) is 3.54. The number of hydrogen-bond acceptors (Lipinski definition) is 4. The summed E-state index contributed by atoms with van der Waals surface area (Å²) in [6.45, 7) is 0.118. The average molecular weight is 190 g/mol. The Kier molecular flexibility index (Phi) is 2.67. The molecule has 0 aromatic carbocycles. The van der Waals surface area contributed by atoms with E-state index in [1.807, 2.05) is 0 Å². The summed E-state index contributed by atoms with van der Waals surface area (Å²) in [5, 5.41) is 0.0207. The zero-order valence-electron chi connectivity index (χ0n) is 6.45. The van der Waals surface area contributed by atoms with Crippen LogP contribution in [0.3, 0.4) is 0 Å². The summed E-state index contributed by atoms with van der Waals surface area (Å²) in [7, 11) is 1.47. The first-order valence-electron chi connectivity index (χ1n) is 3.16. The number of halogens is 1. The van der Waals surface area contributed by atoms with E-state index in [2.05, 4.69) is 4.98 Å². The van der Waals surface area contributed by atoms with E-state index in [0.717, 1.165) is 0 Å². The topological polar surface area (TPSA) is 70.1 Å². The summed E-state index contributed by atoms with van der Waals surface area (Å²) in [6, 6.07) is 0. The molecule has 1 aromatic heterocycles. The maximum atomic E-state index is 11.2. The smallest absolute Gasteiger partial charge is 0.279 e. The number of hydrogen-bond donors (Lipinski definition) is 1. The molecule has 5 nitrogen and oxygen atoms in total. The molecule has 2 N–H and O–H groups in total. The zero-order chi connectivity index (χ0) is 9.14. The van der Waals surface area contributed by atoms with Crippen LogP contribution in [0.4, 0.5) is 5.69 Å². The van der Waals surface area contributed by atoms with Gasteiger partial charge in [0.15, 0.2) is 5.15 Å². The average Bonchev–Trinajstić information content (AvgIpc) is 2.07. The fourth-order valence-electron chi connectivity index (χ4n) is 0.716. The van der Waals surface area contributed by atoms with Gasteiger partial charge in [-0.1, -0.05) is 11.6 Å². The molecule has 0 fully saturated rings. The van der Waals surface area contributed by atoms with Crippen molar-refractivity contribution in [1.82, 2.24) is 9.55 Å². The monoisotopic (exact) mass is 189 g/mol. The molecule has 0 aliphatic carbocycles. The number of anilines is 1. The lowest BCUT2D eigenvalue weighted by molar-refractivity contribution is 0.127. The van der Waals surface area contributed by atoms with Crippen LogP contribution in [-0.4, -0.2) is 16.7 Å². The minimum absolute atomic E-state index is 0.0207. The number of aromatic nitrogens is 2. The predicted molar refractivity (Wildman–Crippen MR) is 44.9 cm³/mol. The van der Waals surface area contributed by atoms with Gasteiger partial charge in [0.1, 0.15) is 18.7 Å². The molecular formula is C6H8ClN3O2. The van der Waals surface area contributed by atoms with Crippen molar-refractivity contribution in [2.24, 2.45) is 0 Å². The molecule has 0 unspecified atom stereocenters. The highest BCUT2D eigenvalue weighted by atomic mass is 35.5. The van der Waals surface area contributed by atoms with E-state index in [1.54, 1.807) is 0 Å². The second kappa shape index (κ2) is 3.55. The molecule has 0 aliphatic heterocycles. The Morgan fingerprint density at radius 3 is 3.08 bits per heavy atom. The second-order valence-corrected chi connectivity index (χ2v) is 2.50. The SMILES string of the molecule is COCn1cnc(Cl)c(N)c1=O. The number of rotatable bonds is 2. The maximum absolute atomic E-state index is 11.2. The Morgan fingerprint density at radius 2 is 2.50 bits per heavy atom. The minimum Gasteiger partial charge on any atom is -0.392 e. The van der Waals surface area contributed by atoms with Gasteiger partial charge in [0.05, 0.1) is 0 Å². The molecule has 66 valence electrons. The summed E-state index contributed by atoms with van der Waals surface area (Å²) >= 11 is 5.50. The van der Waals surface area contributed by atoms with Crippen LogP contribution in [0.25, 0.3) is 0 Å². The summed E-state index contributed by atoms with van der Waals surface area (Å²) < 4.78 is 5.95. The Labute approximate surface area is 73.7 Å². The van der Waals surface area contributed by atoms with Crippen molar-refractivity contribution in [1.29, 1.82) is 0 Å². The van der Waals surface area contributed by atoms with Crippen LogP contribution in [0, 0.1) is 0 Å². The second-order valence-electron chi connectivity index (χ2n) is 2.14. The largest absolute Gasteiger partial charge is 0.392 e. The molecule has 0 saturated heterocycles. The van der Waals surface area contributed by atoms with Gasteiger partial charge in [-0.05, 0) is 0 Å². The molecule has 0 amide bonds. The number of methoxy groups -OCH3 is 1. The fourth-order valence-corrected chi connectivity index (χ4v) is 0.841. The summed E-state index contributed by atoms with van der Waals surface area (Å²) in [6.07, 6.45) is 1.28. The van der Waals surface area contributed by atoms with Gasteiger partial charge >= 0.3 is 0 Å². The molecule has 0 radical (unpaired) electrons. The molecule has 0 aliphatic rings. The van der Waals surface area contributed by atoms with Crippen molar-refractivity contribution in [2.75, 3.05) is 12.8 Å². The van der Waals surface area contributed by atoms with Gasteiger partial charge in [-0.25, -0.2) is 4.98 Å². The van der Waals surface area contributed by atoms with Gasteiger partial charge in [-0.15, -0.1) is 0 Å². The number of ether oxygens (including phenoxy) is 1. The van der Waals surface area contributed by atoms with Crippen LogP contribution in [0.1, 0.15) is 0 Å². The highest BCUT2D eigenvalue weighted by Gasteiger charge is 2.04. The first-order chi connectivity index (χ1) is 5.66. The van der Waals surface area contributed by atoms with Gasteiger partial charge in [0.2, 0.25) is 0 Å². The van der Waals surface area contributed by atoms with Crippen LogP contribution in [-0.2, 0) is 11.5 Å². The molecule has 1 rings (SSSR count). The highest BCUT2D eigenvalue weighted by Crippen LogP contribution is 2.07. The molecule has 1 aromatic rings. The van der Waals surface area contributed by atoms with Crippen molar-refractivity contribution >= 4 is 17.3 Å². The normalized spacial score (nSPS) is 10.2. The highest BCUT2D eigenvalue weighted by molar-refractivity contribution is 6.31. The Balaban J connectivity index is 3.18. The van der Waals surface area contributed by atoms with Gasteiger partial charge in [-0.2, -0.15) is 0 Å². The Hall–Kier alpha value is -1.07. The molecule has 1 heterocycles. The molecule has 12 heavy (non-hydrogen) atoms. The van der Waals surface area contributed by atoms with Gasteiger partial charge < -0.3 is 10.5 Å². The summed E-state index contributed by atoms with van der Waals surface area (Å²) in [4.78, 5) is 14.9. The molecular weight excluding hydrogens is 182 g/mol. The predicted octanol–water partition coefficient (Wildman–Crippen LogP) is 0.0828. The standard InChI is InChI=1S/C6H8ClN3O2/c1-12-3-10-2-9-5(7)4(8)6(10)11/h2H,3,8H2,1H3. The third kappa shape index (κ3) is 1.57. The molecule has 0 bridgehead atoms.